The molecule has 0 aliphatic carbocycles. The second-order valence-corrected chi connectivity index (χ2v) is 10.1. The minimum atomic E-state index is -0.127. The molecule has 2 amide bonds. The van der Waals surface area contributed by atoms with E-state index in [0.717, 1.165) is 53.6 Å². The normalized spacial score (nSPS) is 16.6. The number of fused-ring (bicyclic) bond motifs is 1. The number of hydrogen-bond donors (Lipinski definition) is 1. The van der Waals surface area contributed by atoms with E-state index < -0.39 is 0 Å². The highest BCUT2D eigenvalue weighted by atomic mass is 79.9. The summed E-state index contributed by atoms with van der Waals surface area (Å²) in [5, 5.41) is 3.63. The number of nitrogens with one attached hydrogen (secondary N) is 1. The third kappa shape index (κ3) is 4.65. The van der Waals surface area contributed by atoms with Crippen molar-refractivity contribution < 1.29 is 4.79 Å². The number of likely N-dealkylation sites (tertiary alicyclic amines) is 1. The van der Waals surface area contributed by atoms with Crippen molar-refractivity contribution >= 4 is 44.9 Å². The van der Waals surface area contributed by atoms with Crippen molar-refractivity contribution in [3.8, 4) is 11.1 Å². The maximum Gasteiger partial charge on any atom is 0.326 e. The Morgan fingerprint density at radius 2 is 1.85 bits per heavy atom. The van der Waals surface area contributed by atoms with E-state index in [9.17, 15) is 4.79 Å². The molecule has 0 atom stereocenters. The van der Waals surface area contributed by atoms with Crippen molar-refractivity contribution in [3.05, 3.63) is 75.5 Å². The van der Waals surface area contributed by atoms with E-state index in [1.54, 1.807) is 18.5 Å². The third-order valence-corrected chi connectivity index (χ3v) is 7.71. The van der Waals surface area contributed by atoms with Gasteiger partial charge in [0.2, 0.25) is 0 Å². The van der Waals surface area contributed by atoms with Gasteiger partial charge in [0.25, 0.3) is 0 Å². The van der Waals surface area contributed by atoms with Crippen molar-refractivity contribution in [3.63, 3.8) is 0 Å². The number of halogens is 2. The van der Waals surface area contributed by atoms with Crippen LogP contribution in [0.1, 0.15) is 29.9 Å². The van der Waals surface area contributed by atoms with Crippen LogP contribution in [-0.4, -0.2) is 42.6 Å². The van der Waals surface area contributed by atoms with Gasteiger partial charge in [-0.3, -0.25) is 9.88 Å². The number of hydrogen-bond acceptors (Lipinski definition) is 3. The lowest BCUT2D eigenvalue weighted by Crippen LogP contribution is -2.33. The Kier molecular flexibility index (Phi) is 6.41. The summed E-state index contributed by atoms with van der Waals surface area (Å²) in [5.41, 5.74) is 6.13. The van der Waals surface area contributed by atoms with Crippen molar-refractivity contribution in [1.29, 1.82) is 0 Å². The Morgan fingerprint density at radius 3 is 2.58 bits per heavy atom. The highest BCUT2D eigenvalue weighted by Crippen LogP contribution is 2.40. The average Bonchev–Trinajstić information content (AvgIpc) is 3.22. The summed E-state index contributed by atoms with van der Waals surface area (Å²) < 4.78 is 1.16. The molecule has 2 aliphatic rings. The van der Waals surface area contributed by atoms with E-state index >= 15 is 0 Å². The maximum absolute atomic E-state index is 13.2. The first-order chi connectivity index (χ1) is 16.0. The number of piperidine rings is 1. The van der Waals surface area contributed by atoms with Crippen LogP contribution in [0.15, 0.2) is 59.3 Å². The van der Waals surface area contributed by atoms with Crippen LogP contribution in [0.25, 0.3) is 11.1 Å². The molecule has 5 nitrogen and oxygen atoms in total. The summed E-state index contributed by atoms with van der Waals surface area (Å²) in [4.78, 5) is 21.5. The van der Waals surface area contributed by atoms with Crippen LogP contribution in [0.2, 0.25) is 5.02 Å². The SMILES string of the molecule is CN1CCC(c2cc3c(cc2Br)CCN3C(=O)Nc2ccc(-c3ccncc3)c(Cl)c2)CC1. The number of rotatable bonds is 3. The molecule has 0 radical (unpaired) electrons. The lowest BCUT2D eigenvalue weighted by atomic mass is 9.88. The van der Waals surface area contributed by atoms with Crippen LogP contribution in [-0.2, 0) is 6.42 Å². The molecule has 1 fully saturated rings. The number of carbonyl (C=O) groups excluding carboxylic acids is 1. The Morgan fingerprint density at radius 1 is 1.09 bits per heavy atom. The molecule has 0 unspecified atom stereocenters. The molecule has 2 aliphatic heterocycles. The second kappa shape index (κ2) is 9.45. The van der Waals surface area contributed by atoms with Gasteiger partial charge in [-0.1, -0.05) is 33.6 Å². The first-order valence-corrected chi connectivity index (χ1v) is 12.5. The van der Waals surface area contributed by atoms with Gasteiger partial charge in [-0.05, 0) is 98.4 Å². The van der Waals surface area contributed by atoms with Gasteiger partial charge in [0.1, 0.15) is 0 Å². The van der Waals surface area contributed by atoms with Crippen molar-refractivity contribution in [2.75, 3.05) is 36.9 Å². The zero-order valence-corrected chi connectivity index (χ0v) is 20.9. The Hall–Kier alpha value is -2.41. The molecule has 0 bridgehead atoms. The third-order valence-electron chi connectivity index (χ3n) is 6.71. The summed E-state index contributed by atoms with van der Waals surface area (Å²) in [7, 11) is 2.18. The van der Waals surface area contributed by atoms with E-state index in [1.165, 1.54) is 11.1 Å². The van der Waals surface area contributed by atoms with Gasteiger partial charge < -0.3 is 10.2 Å². The molecule has 1 saturated heterocycles. The summed E-state index contributed by atoms with van der Waals surface area (Å²) >= 11 is 10.3. The minimum absolute atomic E-state index is 0.127. The molecule has 1 N–H and O–H groups in total. The lowest BCUT2D eigenvalue weighted by molar-refractivity contribution is 0.255. The standard InChI is InChI=1S/C26H26BrClN4O/c1-31-11-6-18(7-12-31)22-16-25-19(14-23(22)27)8-13-32(25)26(33)30-20-2-3-21(24(28)15-20)17-4-9-29-10-5-17/h2-5,9-10,14-16,18H,6-8,11-13H2,1H3,(H,30,33). The predicted octanol–water partition coefficient (Wildman–Crippen LogP) is 6.57. The highest BCUT2D eigenvalue weighted by molar-refractivity contribution is 9.10. The second-order valence-electron chi connectivity index (χ2n) is 8.84. The van der Waals surface area contributed by atoms with Crippen LogP contribution in [0.3, 0.4) is 0 Å². The fourth-order valence-corrected chi connectivity index (χ4v) is 5.82. The van der Waals surface area contributed by atoms with Gasteiger partial charge in [0.05, 0.1) is 5.02 Å². The lowest BCUT2D eigenvalue weighted by Gasteiger charge is -2.30. The van der Waals surface area contributed by atoms with Crippen molar-refractivity contribution in [1.82, 2.24) is 9.88 Å². The van der Waals surface area contributed by atoms with E-state index in [4.69, 9.17) is 11.6 Å². The number of benzene rings is 2. The molecule has 33 heavy (non-hydrogen) atoms. The number of urea groups is 1. The molecular formula is C26H26BrClN4O. The van der Waals surface area contributed by atoms with E-state index in [2.05, 4.69) is 50.3 Å². The summed E-state index contributed by atoms with van der Waals surface area (Å²) in [5.74, 6) is 0.519. The quantitative estimate of drug-likeness (QED) is 0.421. The first-order valence-electron chi connectivity index (χ1n) is 11.3. The fourth-order valence-electron chi connectivity index (χ4n) is 4.82. The molecule has 3 heterocycles. The van der Waals surface area contributed by atoms with Gasteiger partial charge in [0.15, 0.2) is 0 Å². The van der Waals surface area contributed by atoms with Crippen LogP contribution < -0.4 is 10.2 Å². The molecular weight excluding hydrogens is 500 g/mol. The Bertz CT molecular complexity index is 1180. The predicted molar refractivity (Wildman–Crippen MR) is 138 cm³/mol. The minimum Gasteiger partial charge on any atom is -0.307 e. The molecule has 2 aromatic carbocycles. The highest BCUT2D eigenvalue weighted by Gasteiger charge is 2.28. The van der Waals surface area contributed by atoms with Crippen LogP contribution in [0, 0.1) is 0 Å². The summed E-state index contributed by atoms with van der Waals surface area (Å²) in [6.45, 7) is 2.89. The van der Waals surface area contributed by atoms with Gasteiger partial charge in [-0.2, -0.15) is 0 Å². The number of aromatic nitrogens is 1. The average molecular weight is 526 g/mol. The van der Waals surface area contributed by atoms with E-state index in [1.807, 2.05) is 29.2 Å². The molecule has 0 spiro atoms. The topological polar surface area (TPSA) is 48.5 Å². The van der Waals surface area contributed by atoms with Gasteiger partial charge in [-0.25, -0.2) is 4.79 Å². The monoisotopic (exact) mass is 524 g/mol. The molecule has 0 saturated carbocycles. The molecule has 3 aromatic rings. The molecule has 5 rings (SSSR count). The van der Waals surface area contributed by atoms with Crippen LogP contribution >= 0.6 is 27.5 Å². The number of anilines is 2. The van der Waals surface area contributed by atoms with Gasteiger partial charge in [-0.15, -0.1) is 0 Å². The molecule has 1 aromatic heterocycles. The molecule has 170 valence electrons. The van der Waals surface area contributed by atoms with E-state index in [-0.39, 0.29) is 6.03 Å². The van der Waals surface area contributed by atoms with Gasteiger partial charge in [0, 0.05) is 40.3 Å². The Labute approximate surface area is 207 Å². The van der Waals surface area contributed by atoms with E-state index in [0.29, 0.717) is 23.2 Å². The smallest absolute Gasteiger partial charge is 0.307 e. The first kappa shape index (κ1) is 22.4. The fraction of sp³-hybridized carbons (Fsp3) is 0.308. The Balaban J connectivity index is 1.35. The van der Waals surface area contributed by atoms with Crippen LogP contribution in [0.4, 0.5) is 16.2 Å². The van der Waals surface area contributed by atoms with Crippen molar-refractivity contribution in [2.24, 2.45) is 0 Å². The van der Waals surface area contributed by atoms with Gasteiger partial charge >= 0.3 is 6.03 Å². The number of amides is 2. The zero-order valence-electron chi connectivity index (χ0n) is 18.5. The summed E-state index contributed by atoms with van der Waals surface area (Å²) in [6, 6.07) is 13.8. The maximum atomic E-state index is 13.2. The number of carbonyl (C=O) groups is 1. The van der Waals surface area contributed by atoms with Crippen LogP contribution in [0.5, 0.6) is 0 Å². The number of pyridine rings is 1. The zero-order chi connectivity index (χ0) is 22.9. The number of nitrogens with zero attached hydrogens (tertiary/aromatic N) is 3. The largest absolute Gasteiger partial charge is 0.326 e. The summed E-state index contributed by atoms with van der Waals surface area (Å²) in [6.07, 6.45) is 6.62. The van der Waals surface area contributed by atoms with Crippen molar-refractivity contribution in [2.45, 2.75) is 25.2 Å². The molecule has 7 heteroatoms.